The van der Waals surface area contributed by atoms with E-state index in [9.17, 15) is 14.4 Å². The zero-order valence-corrected chi connectivity index (χ0v) is 9.48. The predicted octanol–water partition coefficient (Wildman–Crippen LogP) is 0.129. The lowest BCUT2D eigenvalue weighted by atomic mass is 10.2. The second-order valence-electron chi connectivity index (χ2n) is 3.49. The Morgan fingerprint density at radius 2 is 2.22 bits per heavy atom. The molecule has 7 heteroatoms. The molecule has 0 saturated carbocycles. The number of hydrogen-bond donors (Lipinski definition) is 2. The van der Waals surface area contributed by atoms with E-state index in [0.717, 1.165) is 7.11 Å². The number of carbonyl (C=O) groups excluding carboxylic acids is 3. The molecule has 0 atom stereocenters. The maximum absolute atomic E-state index is 11.3. The molecule has 0 aliphatic carbocycles. The van der Waals surface area contributed by atoms with Crippen LogP contribution in [-0.4, -0.2) is 31.5 Å². The van der Waals surface area contributed by atoms with Crippen LogP contribution in [0.5, 0.6) is 5.75 Å². The van der Waals surface area contributed by atoms with E-state index in [2.05, 4.69) is 15.4 Å². The van der Waals surface area contributed by atoms with Crippen LogP contribution in [0.2, 0.25) is 0 Å². The van der Waals surface area contributed by atoms with Gasteiger partial charge in [-0.1, -0.05) is 0 Å². The molecular weight excluding hydrogens is 240 g/mol. The van der Waals surface area contributed by atoms with Crippen LogP contribution in [0.25, 0.3) is 0 Å². The highest BCUT2D eigenvalue weighted by atomic mass is 16.5. The van der Waals surface area contributed by atoms with Gasteiger partial charge >= 0.3 is 11.9 Å². The number of methoxy groups -OCH3 is 1. The van der Waals surface area contributed by atoms with Crippen LogP contribution in [0.4, 0.5) is 11.4 Å². The summed E-state index contributed by atoms with van der Waals surface area (Å²) in [6, 6.07) is 4.63. The number of carbonyl (C=O) groups is 3. The predicted molar refractivity (Wildman–Crippen MR) is 61.2 cm³/mol. The minimum atomic E-state index is -0.993. The van der Waals surface area contributed by atoms with E-state index in [0.29, 0.717) is 17.1 Å². The van der Waals surface area contributed by atoms with E-state index in [4.69, 9.17) is 4.74 Å². The van der Waals surface area contributed by atoms with Crippen molar-refractivity contribution in [1.82, 2.24) is 0 Å². The van der Waals surface area contributed by atoms with Gasteiger partial charge in [0.1, 0.15) is 5.75 Å². The number of esters is 1. The van der Waals surface area contributed by atoms with Crippen LogP contribution in [0.15, 0.2) is 18.2 Å². The summed E-state index contributed by atoms with van der Waals surface area (Å²) in [4.78, 5) is 33.3. The van der Waals surface area contributed by atoms with Crippen molar-refractivity contribution in [3.63, 3.8) is 0 Å². The maximum atomic E-state index is 11.3. The number of nitrogens with one attached hydrogen (secondary N) is 2. The number of hydrogen-bond acceptors (Lipinski definition) is 5. The van der Waals surface area contributed by atoms with E-state index < -0.39 is 11.9 Å². The lowest BCUT2D eigenvalue weighted by molar-refractivity contribution is -0.150. The van der Waals surface area contributed by atoms with Crippen molar-refractivity contribution in [2.45, 2.75) is 0 Å². The topological polar surface area (TPSA) is 93.7 Å². The Hall–Kier alpha value is -2.57. The molecule has 1 aliphatic rings. The Morgan fingerprint density at radius 1 is 1.44 bits per heavy atom. The standard InChI is InChI=1S/C11H10N2O5/c1-17-11(16)10(15)12-6-2-3-8-7(4-6)13-9(14)5-18-8/h2-4H,5H2,1H3,(H,12,15)(H,13,14). The van der Waals surface area contributed by atoms with Gasteiger partial charge in [0.15, 0.2) is 6.61 Å². The SMILES string of the molecule is COC(=O)C(=O)Nc1ccc2c(c1)NC(=O)CO2. The maximum Gasteiger partial charge on any atom is 0.396 e. The van der Waals surface area contributed by atoms with Crippen molar-refractivity contribution < 1.29 is 23.9 Å². The molecule has 2 N–H and O–H groups in total. The van der Waals surface area contributed by atoms with Crippen molar-refractivity contribution in [3.05, 3.63) is 18.2 Å². The van der Waals surface area contributed by atoms with Crippen LogP contribution in [0, 0.1) is 0 Å². The molecule has 0 saturated heterocycles. The first-order chi connectivity index (χ1) is 8.60. The number of rotatable bonds is 1. The van der Waals surface area contributed by atoms with Gasteiger partial charge in [0.2, 0.25) is 0 Å². The highest BCUT2D eigenvalue weighted by molar-refractivity contribution is 6.37. The minimum absolute atomic E-state index is 0.0408. The van der Waals surface area contributed by atoms with Gasteiger partial charge in [0.25, 0.3) is 5.91 Å². The van der Waals surface area contributed by atoms with E-state index in [1.807, 2.05) is 0 Å². The van der Waals surface area contributed by atoms with Crippen LogP contribution in [-0.2, 0) is 19.1 Å². The molecule has 1 aliphatic heterocycles. The monoisotopic (exact) mass is 250 g/mol. The molecule has 1 heterocycles. The highest BCUT2D eigenvalue weighted by Crippen LogP contribution is 2.30. The molecule has 0 aromatic heterocycles. The van der Waals surface area contributed by atoms with Crippen LogP contribution in [0.1, 0.15) is 0 Å². The highest BCUT2D eigenvalue weighted by Gasteiger charge is 2.18. The number of benzene rings is 1. The number of amides is 2. The fourth-order valence-corrected chi connectivity index (χ4v) is 1.44. The molecule has 94 valence electrons. The van der Waals surface area contributed by atoms with Crippen molar-refractivity contribution >= 4 is 29.2 Å². The molecule has 1 aromatic rings. The first-order valence-corrected chi connectivity index (χ1v) is 5.06. The smallest absolute Gasteiger partial charge is 0.396 e. The lowest BCUT2D eigenvalue weighted by Crippen LogP contribution is -2.26. The molecule has 0 unspecified atom stereocenters. The molecule has 0 spiro atoms. The van der Waals surface area contributed by atoms with E-state index in [1.54, 1.807) is 12.1 Å². The van der Waals surface area contributed by atoms with Gasteiger partial charge in [-0.3, -0.25) is 9.59 Å². The van der Waals surface area contributed by atoms with Crippen LogP contribution >= 0.6 is 0 Å². The third-order valence-electron chi connectivity index (χ3n) is 2.24. The molecule has 0 bridgehead atoms. The van der Waals surface area contributed by atoms with Gasteiger partial charge in [-0.25, -0.2) is 4.79 Å². The van der Waals surface area contributed by atoms with Gasteiger partial charge in [0.05, 0.1) is 12.8 Å². The molecule has 1 aromatic carbocycles. The zero-order valence-electron chi connectivity index (χ0n) is 9.48. The molecule has 0 fully saturated rings. The van der Waals surface area contributed by atoms with Crippen molar-refractivity contribution in [2.24, 2.45) is 0 Å². The zero-order chi connectivity index (χ0) is 13.1. The van der Waals surface area contributed by atoms with Crippen molar-refractivity contribution in [2.75, 3.05) is 24.4 Å². The average molecular weight is 250 g/mol. The molecule has 7 nitrogen and oxygen atoms in total. The average Bonchev–Trinajstić information content (AvgIpc) is 2.37. The Bertz CT molecular complexity index is 526. The second-order valence-corrected chi connectivity index (χ2v) is 3.49. The van der Waals surface area contributed by atoms with Gasteiger partial charge < -0.3 is 20.1 Å². The van der Waals surface area contributed by atoms with E-state index >= 15 is 0 Å². The largest absolute Gasteiger partial charge is 0.482 e. The first-order valence-electron chi connectivity index (χ1n) is 5.06. The van der Waals surface area contributed by atoms with E-state index in [-0.39, 0.29) is 12.5 Å². The molecular formula is C11H10N2O5. The summed E-state index contributed by atoms with van der Waals surface area (Å²) in [5, 5.41) is 4.92. The minimum Gasteiger partial charge on any atom is -0.482 e. The van der Waals surface area contributed by atoms with Crippen LogP contribution in [0.3, 0.4) is 0 Å². The van der Waals surface area contributed by atoms with E-state index in [1.165, 1.54) is 6.07 Å². The number of ether oxygens (including phenoxy) is 2. The Kier molecular flexibility index (Phi) is 3.13. The van der Waals surface area contributed by atoms with Gasteiger partial charge in [-0.15, -0.1) is 0 Å². The molecule has 2 rings (SSSR count). The van der Waals surface area contributed by atoms with Gasteiger partial charge in [-0.2, -0.15) is 0 Å². The third kappa shape index (κ3) is 2.40. The number of fused-ring (bicyclic) bond motifs is 1. The Morgan fingerprint density at radius 3 is 2.94 bits per heavy atom. The van der Waals surface area contributed by atoms with Crippen LogP contribution < -0.4 is 15.4 Å². The third-order valence-corrected chi connectivity index (χ3v) is 2.24. The molecule has 2 amide bonds. The summed E-state index contributed by atoms with van der Waals surface area (Å²) in [5.41, 5.74) is 0.795. The second kappa shape index (κ2) is 4.74. The van der Waals surface area contributed by atoms with Crippen molar-refractivity contribution in [1.29, 1.82) is 0 Å². The fourth-order valence-electron chi connectivity index (χ4n) is 1.44. The first kappa shape index (κ1) is 11.9. The Labute approximate surface area is 102 Å². The summed E-state index contributed by atoms with van der Waals surface area (Å²) in [5.74, 6) is -1.65. The van der Waals surface area contributed by atoms with Gasteiger partial charge in [-0.05, 0) is 18.2 Å². The normalized spacial score (nSPS) is 12.8. The number of anilines is 2. The summed E-state index contributed by atoms with van der Waals surface area (Å²) in [6.07, 6.45) is 0. The van der Waals surface area contributed by atoms with Crippen molar-refractivity contribution in [3.8, 4) is 5.75 Å². The Balaban J connectivity index is 2.16. The fraction of sp³-hybridized carbons (Fsp3) is 0.182. The molecule has 0 radical (unpaired) electrons. The quantitative estimate of drug-likeness (QED) is 0.545. The summed E-state index contributed by atoms with van der Waals surface area (Å²) in [7, 11) is 1.11. The summed E-state index contributed by atoms with van der Waals surface area (Å²) < 4.78 is 9.42. The molecule has 18 heavy (non-hydrogen) atoms. The lowest BCUT2D eigenvalue weighted by Gasteiger charge is -2.18. The van der Waals surface area contributed by atoms with Gasteiger partial charge in [0, 0.05) is 5.69 Å². The summed E-state index contributed by atoms with van der Waals surface area (Å²) in [6.45, 7) is -0.0408. The summed E-state index contributed by atoms with van der Waals surface area (Å²) >= 11 is 0.